The van der Waals surface area contributed by atoms with Gasteiger partial charge in [-0.2, -0.15) is 0 Å². The second-order valence-corrected chi connectivity index (χ2v) is 4.33. The molecule has 0 spiro atoms. The zero-order valence-corrected chi connectivity index (χ0v) is 9.78. The lowest BCUT2D eigenvalue weighted by molar-refractivity contribution is 0.227. The molecule has 0 bridgehead atoms. The lowest BCUT2D eigenvalue weighted by atomic mass is 10.0. The van der Waals surface area contributed by atoms with Crippen LogP contribution in [-0.2, 0) is 6.54 Å². The highest BCUT2D eigenvalue weighted by atomic mass is 16.5. The molecule has 1 aliphatic carbocycles. The van der Waals surface area contributed by atoms with Crippen molar-refractivity contribution < 1.29 is 4.74 Å². The number of ether oxygens (including phenoxy) is 1. The molecule has 0 heterocycles. The summed E-state index contributed by atoms with van der Waals surface area (Å²) in [5, 5.41) is 0. The average Bonchev–Trinajstić information content (AvgIpc) is 2.33. The largest absolute Gasteiger partial charge is 0.486 e. The second kappa shape index (κ2) is 5.17. The maximum absolute atomic E-state index is 5.97. The minimum atomic E-state index is 0.224. The van der Waals surface area contributed by atoms with Crippen LogP contribution in [0.3, 0.4) is 0 Å². The Bertz CT molecular complexity index is 384. The first-order chi connectivity index (χ1) is 7.79. The standard InChI is InChI=1S/C14H19NO/c1-11-7-8-14(12(9-11)10-15)16-13-5-3-2-4-6-13/h3,5,7-9,13H,2,4,6,10,15H2,1H3. The fraction of sp³-hybridized carbons (Fsp3) is 0.429. The monoisotopic (exact) mass is 217 g/mol. The van der Waals surface area contributed by atoms with Crippen molar-refractivity contribution in [3.05, 3.63) is 41.5 Å². The summed E-state index contributed by atoms with van der Waals surface area (Å²) in [6, 6.07) is 6.20. The Labute approximate surface area is 97.1 Å². The van der Waals surface area contributed by atoms with Gasteiger partial charge in [-0.25, -0.2) is 0 Å². The van der Waals surface area contributed by atoms with Crippen LogP contribution in [0.4, 0.5) is 0 Å². The maximum Gasteiger partial charge on any atom is 0.124 e. The van der Waals surface area contributed by atoms with Gasteiger partial charge >= 0.3 is 0 Å². The molecular formula is C14H19NO. The van der Waals surface area contributed by atoms with Crippen molar-refractivity contribution in [3.63, 3.8) is 0 Å². The van der Waals surface area contributed by atoms with Crippen molar-refractivity contribution >= 4 is 0 Å². The van der Waals surface area contributed by atoms with E-state index in [1.807, 2.05) is 6.07 Å². The molecule has 1 unspecified atom stereocenters. The van der Waals surface area contributed by atoms with Crippen LogP contribution in [-0.4, -0.2) is 6.10 Å². The van der Waals surface area contributed by atoms with E-state index in [1.54, 1.807) is 0 Å². The summed E-state index contributed by atoms with van der Waals surface area (Å²) >= 11 is 0. The van der Waals surface area contributed by atoms with Crippen LogP contribution in [0, 0.1) is 6.92 Å². The van der Waals surface area contributed by atoms with E-state index in [9.17, 15) is 0 Å². The average molecular weight is 217 g/mol. The molecule has 2 N–H and O–H groups in total. The zero-order valence-electron chi connectivity index (χ0n) is 9.78. The first-order valence-electron chi connectivity index (χ1n) is 5.92. The Kier molecular flexibility index (Phi) is 3.62. The van der Waals surface area contributed by atoms with Gasteiger partial charge in [-0.05, 0) is 38.3 Å². The van der Waals surface area contributed by atoms with Crippen LogP contribution in [0.2, 0.25) is 0 Å². The molecule has 86 valence electrons. The third kappa shape index (κ3) is 2.64. The van der Waals surface area contributed by atoms with Crippen LogP contribution in [0.25, 0.3) is 0 Å². The summed E-state index contributed by atoms with van der Waals surface area (Å²) in [5.74, 6) is 0.935. The minimum Gasteiger partial charge on any atom is -0.486 e. The van der Waals surface area contributed by atoms with Crippen molar-refractivity contribution in [3.8, 4) is 5.75 Å². The number of benzene rings is 1. The predicted molar refractivity (Wildman–Crippen MR) is 66.5 cm³/mol. The molecule has 0 amide bonds. The molecule has 0 fully saturated rings. The highest BCUT2D eigenvalue weighted by Gasteiger charge is 2.11. The van der Waals surface area contributed by atoms with Crippen LogP contribution in [0.5, 0.6) is 5.75 Å². The molecule has 16 heavy (non-hydrogen) atoms. The Morgan fingerprint density at radius 1 is 1.44 bits per heavy atom. The highest BCUT2D eigenvalue weighted by molar-refractivity contribution is 5.37. The maximum atomic E-state index is 5.97. The molecule has 1 aromatic carbocycles. The molecule has 1 aromatic rings. The number of aryl methyl sites for hydroxylation is 1. The summed E-state index contributed by atoms with van der Waals surface area (Å²) in [5.41, 5.74) is 8.05. The van der Waals surface area contributed by atoms with Gasteiger partial charge in [-0.15, -0.1) is 0 Å². The fourth-order valence-electron chi connectivity index (χ4n) is 2.03. The predicted octanol–water partition coefficient (Wildman–Crippen LogP) is 2.94. The minimum absolute atomic E-state index is 0.224. The van der Waals surface area contributed by atoms with E-state index in [2.05, 4.69) is 31.2 Å². The Hall–Kier alpha value is -1.28. The SMILES string of the molecule is Cc1ccc(OC2C=CCCC2)c(CN)c1. The molecular weight excluding hydrogens is 198 g/mol. The van der Waals surface area contributed by atoms with Gasteiger partial charge in [-0.1, -0.05) is 23.8 Å². The smallest absolute Gasteiger partial charge is 0.124 e. The third-order valence-corrected chi connectivity index (χ3v) is 2.92. The first-order valence-corrected chi connectivity index (χ1v) is 5.92. The molecule has 1 aliphatic rings. The van der Waals surface area contributed by atoms with Crippen LogP contribution < -0.4 is 10.5 Å². The van der Waals surface area contributed by atoms with E-state index in [4.69, 9.17) is 10.5 Å². The van der Waals surface area contributed by atoms with Crippen molar-refractivity contribution in [2.24, 2.45) is 5.73 Å². The number of nitrogens with two attached hydrogens (primary N) is 1. The summed E-state index contributed by atoms with van der Waals surface area (Å²) in [7, 11) is 0. The lowest BCUT2D eigenvalue weighted by Gasteiger charge is -2.20. The van der Waals surface area contributed by atoms with Gasteiger partial charge in [0, 0.05) is 12.1 Å². The van der Waals surface area contributed by atoms with E-state index in [-0.39, 0.29) is 6.10 Å². The second-order valence-electron chi connectivity index (χ2n) is 4.33. The highest BCUT2D eigenvalue weighted by Crippen LogP contribution is 2.23. The van der Waals surface area contributed by atoms with E-state index in [0.717, 1.165) is 17.7 Å². The number of hydrogen-bond acceptors (Lipinski definition) is 2. The lowest BCUT2D eigenvalue weighted by Crippen LogP contribution is -2.17. The molecule has 2 heteroatoms. The van der Waals surface area contributed by atoms with E-state index >= 15 is 0 Å². The molecule has 0 aromatic heterocycles. The van der Waals surface area contributed by atoms with Gasteiger partial charge in [0.1, 0.15) is 11.9 Å². The summed E-state index contributed by atoms with van der Waals surface area (Å²) in [6.45, 7) is 2.61. The van der Waals surface area contributed by atoms with Crippen molar-refractivity contribution in [1.29, 1.82) is 0 Å². The topological polar surface area (TPSA) is 35.2 Å². The fourth-order valence-corrected chi connectivity index (χ4v) is 2.03. The van der Waals surface area contributed by atoms with Crippen LogP contribution in [0.1, 0.15) is 30.4 Å². The quantitative estimate of drug-likeness (QED) is 0.790. The van der Waals surface area contributed by atoms with Gasteiger partial charge in [0.2, 0.25) is 0 Å². The summed E-state index contributed by atoms with van der Waals surface area (Å²) < 4.78 is 5.97. The molecule has 0 saturated heterocycles. The van der Waals surface area contributed by atoms with Crippen LogP contribution in [0.15, 0.2) is 30.4 Å². The van der Waals surface area contributed by atoms with Gasteiger partial charge in [-0.3, -0.25) is 0 Å². The summed E-state index contributed by atoms with van der Waals surface area (Å²) in [4.78, 5) is 0. The van der Waals surface area contributed by atoms with E-state index < -0.39 is 0 Å². The van der Waals surface area contributed by atoms with Gasteiger partial charge < -0.3 is 10.5 Å². The van der Waals surface area contributed by atoms with Crippen LogP contribution >= 0.6 is 0 Å². The van der Waals surface area contributed by atoms with Gasteiger partial charge in [0.05, 0.1) is 0 Å². The third-order valence-electron chi connectivity index (χ3n) is 2.92. The molecule has 0 saturated carbocycles. The molecule has 2 rings (SSSR count). The number of hydrogen-bond donors (Lipinski definition) is 1. The Balaban J connectivity index is 2.13. The molecule has 0 aliphatic heterocycles. The van der Waals surface area contributed by atoms with Crippen molar-refractivity contribution in [2.75, 3.05) is 0 Å². The Morgan fingerprint density at radius 2 is 2.31 bits per heavy atom. The molecule has 0 radical (unpaired) electrons. The number of allylic oxidation sites excluding steroid dienone is 1. The van der Waals surface area contributed by atoms with Crippen molar-refractivity contribution in [1.82, 2.24) is 0 Å². The van der Waals surface area contributed by atoms with Crippen molar-refractivity contribution in [2.45, 2.75) is 38.8 Å². The van der Waals surface area contributed by atoms with Gasteiger partial charge in [0.15, 0.2) is 0 Å². The van der Waals surface area contributed by atoms with Gasteiger partial charge in [0.25, 0.3) is 0 Å². The normalized spacial score (nSPS) is 19.8. The molecule has 2 nitrogen and oxygen atoms in total. The van der Waals surface area contributed by atoms with E-state index in [1.165, 1.54) is 18.4 Å². The summed E-state index contributed by atoms with van der Waals surface area (Å²) in [6.07, 6.45) is 8.08. The first kappa shape index (κ1) is 11.2. The Morgan fingerprint density at radius 3 is 3.00 bits per heavy atom. The zero-order chi connectivity index (χ0) is 11.4. The number of rotatable bonds is 3. The molecule has 1 atom stereocenters. The van der Waals surface area contributed by atoms with E-state index in [0.29, 0.717) is 6.54 Å².